The quantitative estimate of drug-likeness (QED) is 0.646. The summed E-state index contributed by atoms with van der Waals surface area (Å²) in [7, 11) is -3.09. The van der Waals surface area contributed by atoms with E-state index in [1.165, 1.54) is 0 Å². The monoisotopic (exact) mass is 264 g/mol. The van der Waals surface area contributed by atoms with E-state index in [1.54, 1.807) is 4.31 Å². The van der Waals surface area contributed by atoms with Crippen LogP contribution in [-0.2, 0) is 10.0 Å². The molecule has 0 heterocycles. The zero-order valence-corrected chi connectivity index (χ0v) is 12.7. The Balaban J connectivity index is 4.24. The van der Waals surface area contributed by atoms with Crippen LogP contribution in [0.4, 0.5) is 0 Å². The first kappa shape index (κ1) is 16.9. The minimum absolute atomic E-state index is 0.0537. The van der Waals surface area contributed by atoms with E-state index >= 15 is 0 Å². The van der Waals surface area contributed by atoms with Gasteiger partial charge in [0.05, 0.1) is 5.75 Å². The van der Waals surface area contributed by atoms with Crippen LogP contribution in [0.15, 0.2) is 0 Å². The van der Waals surface area contributed by atoms with Crippen molar-refractivity contribution in [3.8, 4) is 0 Å². The summed E-state index contributed by atoms with van der Waals surface area (Å²) < 4.78 is 25.8. The molecule has 0 aliphatic heterocycles. The molecule has 0 aromatic rings. The summed E-state index contributed by atoms with van der Waals surface area (Å²) in [5.41, 5.74) is 0. The van der Waals surface area contributed by atoms with Gasteiger partial charge in [0.2, 0.25) is 10.0 Å². The number of nitrogens with one attached hydrogen (secondary N) is 1. The summed E-state index contributed by atoms with van der Waals surface area (Å²) in [6, 6.07) is 0.465. The van der Waals surface area contributed by atoms with Gasteiger partial charge in [-0.25, -0.2) is 8.42 Å². The van der Waals surface area contributed by atoms with Gasteiger partial charge >= 0.3 is 0 Å². The summed E-state index contributed by atoms with van der Waals surface area (Å²) >= 11 is 0. The van der Waals surface area contributed by atoms with Crippen LogP contribution in [0.3, 0.4) is 0 Å². The predicted molar refractivity (Wildman–Crippen MR) is 73.7 cm³/mol. The zero-order chi connectivity index (χ0) is 13.5. The highest BCUT2D eigenvalue weighted by molar-refractivity contribution is 7.89. The summed E-state index contributed by atoms with van der Waals surface area (Å²) in [4.78, 5) is 0. The van der Waals surface area contributed by atoms with Crippen LogP contribution >= 0.6 is 0 Å². The van der Waals surface area contributed by atoms with Crippen molar-refractivity contribution < 1.29 is 8.42 Å². The maximum absolute atomic E-state index is 12.1. The van der Waals surface area contributed by atoms with Gasteiger partial charge in [-0.2, -0.15) is 4.31 Å². The molecule has 0 fully saturated rings. The fourth-order valence-electron chi connectivity index (χ4n) is 1.70. The molecular formula is C12H28N2O2S. The van der Waals surface area contributed by atoms with Gasteiger partial charge in [0, 0.05) is 18.6 Å². The van der Waals surface area contributed by atoms with Crippen LogP contribution < -0.4 is 5.32 Å². The summed E-state index contributed by atoms with van der Waals surface area (Å²) in [6.45, 7) is 11.4. The molecule has 0 bridgehead atoms. The molecule has 0 spiro atoms. The minimum atomic E-state index is -3.09. The molecule has 0 saturated carbocycles. The molecule has 4 nitrogen and oxygen atoms in total. The molecule has 0 aliphatic rings. The van der Waals surface area contributed by atoms with E-state index in [0.29, 0.717) is 19.0 Å². The van der Waals surface area contributed by atoms with Crippen molar-refractivity contribution >= 4 is 10.0 Å². The van der Waals surface area contributed by atoms with Crippen LogP contribution in [-0.4, -0.2) is 43.6 Å². The van der Waals surface area contributed by atoms with E-state index in [4.69, 9.17) is 0 Å². The zero-order valence-electron chi connectivity index (χ0n) is 11.9. The molecule has 1 N–H and O–H groups in total. The largest absolute Gasteiger partial charge is 0.314 e. The number of nitrogens with zero attached hydrogens (tertiary/aromatic N) is 1. The average molecular weight is 264 g/mol. The van der Waals surface area contributed by atoms with Crippen molar-refractivity contribution in [2.75, 3.05) is 18.8 Å². The van der Waals surface area contributed by atoms with Gasteiger partial charge in [0.15, 0.2) is 0 Å². The molecule has 0 saturated heterocycles. The maximum Gasteiger partial charge on any atom is 0.214 e. The topological polar surface area (TPSA) is 49.4 Å². The van der Waals surface area contributed by atoms with E-state index < -0.39 is 10.0 Å². The second-order valence-electron chi connectivity index (χ2n) is 4.98. The Morgan fingerprint density at radius 3 is 2.18 bits per heavy atom. The van der Waals surface area contributed by atoms with Crippen molar-refractivity contribution in [2.45, 2.75) is 59.5 Å². The third-order valence-corrected chi connectivity index (χ3v) is 4.63. The molecule has 0 atom stereocenters. The number of hydrogen-bond donors (Lipinski definition) is 1. The van der Waals surface area contributed by atoms with E-state index in [2.05, 4.69) is 19.2 Å². The van der Waals surface area contributed by atoms with Crippen LogP contribution in [0.25, 0.3) is 0 Å². The second kappa shape index (κ2) is 8.06. The fourth-order valence-corrected chi connectivity index (χ4v) is 3.55. The second-order valence-corrected chi connectivity index (χ2v) is 7.02. The van der Waals surface area contributed by atoms with Gasteiger partial charge in [-0.1, -0.05) is 20.8 Å². The first-order valence-corrected chi connectivity index (χ1v) is 8.15. The van der Waals surface area contributed by atoms with Gasteiger partial charge in [-0.05, 0) is 33.2 Å². The molecule has 0 aliphatic carbocycles. The lowest BCUT2D eigenvalue weighted by Crippen LogP contribution is -2.39. The standard InChI is InChI=1S/C12H28N2O2S/c1-6-9-14(12(4)5)17(15,16)10-7-8-13-11(2)3/h11-13H,6-10H2,1-5H3. The Bertz CT molecular complexity index is 287. The molecule has 0 unspecified atom stereocenters. The molecule has 17 heavy (non-hydrogen) atoms. The minimum Gasteiger partial charge on any atom is -0.314 e. The Kier molecular flexibility index (Phi) is 8.00. The lowest BCUT2D eigenvalue weighted by molar-refractivity contribution is 0.353. The van der Waals surface area contributed by atoms with Crippen LogP contribution in [0.2, 0.25) is 0 Å². The van der Waals surface area contributed by atoms with E-state index in [0.717, 1.165) is 13.0 Å². The number of sulfonamides is 1. The molecule has 0 aromatic heterocycles. The predicted octanol–water partition coefficient (Wildman–Crippen LogP) is 1.82. The normalized spacial score (nSPS) is 12.9. The highest BCUT2D eigenvalue weighted by Crippen LogP contribution is 2.09. The first-order chi connectivity index (χ1) is 7.81. The van der Waals surface area contributed by atoms with Crippen molar-refractivity contribution in [1.29, 1.82) is 0 Å². The van der Waals surface area contributed by atoms with Gasteiger partial charge in [-0.15, -0.1) is 0 Å². The smallest absolute Gasteiger partial charge is 0.214 e. The Morgan fingerprint density at radius 1 is 1.18 bits per heavy atom. The molecule has 0 rings (SSSR count). The Morgan fingerprint density at radius 2 is 1.76 bits per heavy atom. The average Bonchev–Trinajstić information content (AvgIpc) is 2.20. The third kappa shape index (κ3) is 7.01. The van der Waals surface area contributed by atoms with Crippen molar-refractivity contribution in [3.05, 3.63) is 0 Å². The highest BCUT2D eigenvalue weighted by Gasteiger charge is 2.23. The van der Waals surface area contributed by atoms with Crippen LogP contribution in [0.5, 0.6) is 0 Å². The SMILES string of the molecule is CCCN(C(C)C)S(=O)(=O)CCCNC(C)C. The van der Waals surface area contributed by atoms with Crippen molar-refractivity contribution in [3.63, 3.8) is 0 Å². The molecule has 104 valence electrons. The third-order valence-electron chi connectivity index (χ3n) is 2.51. The first-order valence-electron chi connectivity index (χ1n) is 6.54. The van der Waals surface area contributed by atoms with E-state index in [9.17, 15) is 8.42 Å². The number of rotatable bonds is 9. The highest BCUT2D eigenvalue weighted by atomic mass is 32.2. The number of hydrogen-bond acceptors (Lipinski definition) is 3. The van der Waals surface area contributed by atoms with Gasteiger partial charge in [0.25, 0.3) is 0 Å². The summed E-state index contributed by atoms with van der Waals surface area (Å²) in [5, 5.41) is 3.24. The van der Waals surface area contributed by atoms with Gasteiger partial charge in [-0.3, -0.25) is 0 Å². The Labute approximate surface area is 107 Å². The summed E-state index contributed by atoms with van der Waals surface area (Å²) in [6.07, 6.45) is 1.54. The lowest BCUT2D eigenvalue weighted by Gasteiger charge is -2.25. The molecular weight excluding hydrogens is 236 g/mol. The van der Waals surface area contributed by atoms with Crippen LogP contribution in [0.1, 0.15) is 47.5 Å². The van der Waals surface area contributed by atoms with E-state index in [-0.39, 0.29) is 11.8 Å². The van der Waals surface area contributed by atoms with Gasteiger partial charge < -0.3 is 5.32 Å². The molecule has 0 aromatic carbocycles. The van der Waals surface area contributed by atoms with E-state index in [1.807, 2.05) is 20.8 Å². The van der Waals surface area contributed by atoms with Gasteiger partial charge in [0.1, 0.15) is 0 Å². The molecule has 5 heteroatoms. The fraction of sp³-hybridized carbons (Fsp3) is 1.00. The van der Waals surface area contributed by atoms with Crippen LogP contribution in [0, 0.1) is 0 Å². The van der Waals surface area contributed by atoms with Crippen molar-refractivity contribution in [2.24, 2.45) is 0 Å². The summed E-state index contributed by atoms with van der Waals surface area (Å²) in [5.74, 6) is 0.241. The Hall–Kier alpha value is -0.130. The lowest BCUT2D eigenvalue weighted by atomic mass is 10.4. The molecule has 0 radical (unpaired) electrons. The van der Waals surface area contributed by atoms with Crippen molar-refractivity contribution in [1.82, 2.24) is 9.62 Å². The molecule has 0 amide bonds. The maximum atomic E-state index is 12.1.